The molecule has 0 bridgehead atoms. The van der Waals surface area contributed by atoms with Crippen molar-refractivity contribution in [2.75, 3.05) is 0 Å². The summed E-state index contributed by atoms with van der Waals surface area (Å²) >= 11 is 0. The molecule has 336 valence electrons. The second-order valence-electron chi connectivity index (χ2n) is 16.3. The number of benzene rings is 4. The molecule has 0 spiro atoms. The number of unbranched alkanes of at least 4 members (excludes halogenated alkanes) is 14. The van der Waals surface area contributed by atoms with Crippen LogP contribution in [0.1, 0.15) is 196 Å². The van der Waals surface area contributed by atoms with Crippen LogP contribution >= 0.6 is 0 Å². The third-order valence-electron chi connectivity index (χ3n) is 11.0. The molecular weight excluding hydrogens is 795 g/mol. The first-order chi connectivity index (χ1) is 30.0. The maximum absolute atomic E-state index is 9.67. The first kappa shape index (κ1) is 55.6. The molecule has 4 rings (SSSR count). The molecule has 0 N–H and O–H groups in total. The monoisotopic (exact) mass is 875 g/mol. The Kier molecular flexibility index (Phi) is 34.3. The third-order valence-corrected chi connectivity index (χ3v) is 11.0. The zero-order valence-electron chi connectivity index (χ0n) is 39.3. The molecule has 0 unspecified atom stereocenters. The second kappa shape index (κ2) is 38.3. The Morgan fingerprint density at radius 2 is 0.984 bits per heavy atom. The van der Waals surface area contributed by atoms with Crippen LogP contribution in [0.5, 0.6) is 0 Å². The molecule has 0 fully saturated rings. The Labute approximate surface area is 391 Å². The molecule has 0 amide bonds. The predicted molar refractivity (Wildman–Crippen MR) is 268 cm³/mol. The fourth-order valence-electron chi connectivity index (χ4n) is 7.36. The van der Waals surface area contributed by atoms with Crippen molar-refractivity contribution in [2.24, 2.45) is 0 Å². The van der Waals surface area contributed by atoms with Gasteiger partial charge in [0, 0.05) is 12.8 Å². The van der Waals surface area contributed by atoms with Gasteiger partial charge in [0.15, 0.2) is 0 Å². The molecule has 3 heteroatoms. The van der Waals surface area contributed by atoms with Crippen LogP contribution in [0.4, 0.5) is 0 Å². The molecule has 0 aliphatic rings. The van der Waals surface area contributed by atoms with Gasteiger partial charge in [-0.3, -0.25) is 0 Å². The van der Waals surface area contributed by atoms with Gasteiger partial charge in [-0.2, -0.15) is 49.2 Å². The van der Waals surface area contributed by atoms with Gasteiger partial charge >= 0.3 is 22.4 Å². The van der Waals surface area contributed by atoms with Crippen molar-refractivity contribution in [3.63, 3.8) is 0 Å². The number of rotatable bonds is 25. The Hall–Kier alpha value is -4.43. The molecule has 4 aromatic rings. The number of hydrogen-bond donors (Lipinski definition) is 0. The molecule has 0 aromatic heterocycles. The van der Waals surface area contributed by atoms with Crippen molar-refractivity contribution in [1.29, 1.82) is 0 Å². The van der Waals surface area contributed by atoms with Gasteiger partial charge in [0.05, 0.1) is 5.57 Å². The standard InChI is InChI=1S/C45H66N2.2C7H7.Ni/c1-5-9-13-14-15-16-17-18-19-20-21-22-23-24-25-30-40-31-26-27-33-43(40)45(41-36-34-39(35-37-41)28-10-6-2)44(32-12-8-4)42(38-47-46)29-11-7-3;2*1-7-5-3-2-4-6-7;/h26-27,31,33-37H,5-21,24-25,28-30,32H2,1-4H3;2*2-6H,1H2;/q;2*-1;+2. The molecule has 0 aliphatic carbocycles. The number of nitrogens with zero attached hydrogens (tertiary/aromatic N) is 2. The summed E-state index contributed by atoms with van der Waals surface area (Å²) in [5.74, 6) is 9.97. The van der Waals surface area contributed by atoms with Crippen LogP contribution < -0.4 is 0 Å². The molecule has 0 heterocycles. The fraction of sp³-hybridized carbons (Fsp3) is 0.458. The van der Waals surface area contributed by atoms with E-state index in [0.29, 0.717) is 0 Å². The fourth-order valence-corrected chi connectivity index (χ4v) is 7.36. The van der Waals surface area contributed by atoms with Gasteiger partial charge in [0.2, 0.25) is 0 Å². The van der Waals surface area contributed by atoms with E-state index in [0.717, 1.165) is 87.3 Å². The quantitative estimate of drug-likeness (QED) is 0.00930. The zero-order chi connectivity index (χ0) is 44.0. The van der Waals surface area contributed by atoms with Crippen molar-refractivity contribution >= 4 is 11.4 Å². The summed E-state index contributed by atoms with van der Waals surface area (Å²) in [4.78, 5) is 3.44. The average molecular weight is 876 g/mol. The van der Waals surface area contributed by atoms with E-state index in [9.17, 15) is 5.53 Å². The summed E-state index contributed by atoms with van der Waals surface area (Å²) in [6, 6.07) is 37.9. The molecular formula is C59H80N2Ni. The van der Waals surface area contributed by atoms with Crippen LogP contribution in [-0.4, -0.2) is 10.7 Å². The molecule has 0 atom stereocenters. The first-order valence-corrected chi connectivity index (χ1v) is 24.1. The van der Waals surface area contributed by atoms with Gasteiger partial charge in [-0.25, -0.2) is 0 Å². The Balaban J connectivity index is 0.00000107. The van der Waals surface area contributed by atoms with E-state index in [-0.39, 0.29) is 16.5 Å². The van der Waals surface area contributed by atoms with E-state index in [1.54, 1.807) is 0 Å². The van der Waals surface area contributed by atoms with Gasteiger partial charge in [-0.1, -0.05) is 165 Å². The Morgan fingerprint density at radius 1 is 0.500 bits per heavy atom. The van der Waals surface area contributed by atoms with Gasteiger partial charge in [0.25, 0.3) is 0 Å². The third kappa shape index (κ3) is 25.5. The largest absolute Gasteiger partial charge is 2.00 e. The number of allylic oxidation sites excluding steroid dienone is 2. The molecule has 0 aliphatic heterocycles. The molecule has 4 aromatic carbocycles. The van der Waals surface area contributed by atoms with E-state index in [1.165, 1.54) is 110 Å². The van der Waals surface area contributed by atoms with Crippen LogP contribution in [-0.2, 0) is 29.3 Å². The van der Waals surface area contributed by atoms with Crippen LogP contribution in [0.15, 0.2) is 120 Å². The molecule has 62 heavy (non-hydrogen) atoms. The van der Waals surface area contributed by atoms with Crippen molar-refractivity contribution in [2.45, 2.75) is 175 Å². The molecule has 0 saturated carbocycles. The summed E-state index contributed by atoms with van der Waals surface area (Å²) in [6.45, 7) is 16.4. The minimum absolute atomic E-state index is 0. The summed E-state index contributed by atoms with van der Waals surface area (Å²) in [5, 5.41) is 0. The molecule has 2 nitrogen and oxygen atoms in total. The second-order valence-corrected chi connectivity index (χ2v) is 16.3. The number of aryl methyl sites for hydroxylation is 2. The summed E-state index contributed by atoms with van der Waals surface area (Å²) in [7, 11) is 0. The smallest absolute Gasteiger partial charge is 0.348 e. The van der Waals surface area contributed by atoms with E-state index in [2.05, 4.69) is 113 Å². The van der Waals surface area contributed by atoms with Crippen LogP contribution in [0.25, 0.3) is 11.1 Å². The maximum atomic E-state index is 9.67. The van der Waals surface area contributed by atoms with E-state index < -0.39 is 0 Å². The van der Waals surface area contributed by atoms with E-state index in [1.807, 2.05) is 60.7 Å². The van der Waals surface area contributed by atoms with Gasteiger partial charge < -0.3 is 5.53 Å². The average Bonchev–Trinajstić information content (AvgIpc) is 3.29. The van der Waals surface area contributed by atoms with Crippen molar-refractivity contribution in [1.82, 2.24) is 0 Å². The minimum atomic E-state index is 0. The topological polar surface area (TPSA) is 36.4 Å². The van der Waals surface area contributed by atoms with Crippen LogP contribution in [0.2, 0.25) is 0 Å². The van der Waals surface area contributed by atoms with Gasteiger partial charge in [0.1, 0.15) is 0 Å². The zero-order valence-corrected chi connectivity index (χ0v) is 40.3. The molecule has 0 radical (unpaired) electrons. The van der Waals surface area contributed by atoms with E-state index >= 15 is 0 Å². The van der Waals surface area contributed by atoms with Gasteiger partial charge in [-0.15, -0.1) is 40.9 Å². The van der Waals surface area contributed by atoms with Crippen molar-refractivity contribution in [3.05, 3.63) is 173 Å². The SMILES string of the molecule is CCCCCCCCCCCCC#CCCCc1ccccc1C(=C(CCCC)C(=C=[N+]=[N-])CCCC)c1ccc(CCCC)cc1.[CH2-]c1ccccc1.[CH2-]c1ccccc1.[Ni+2]. The van der Waals surface area contributed by atoms with Crippen molar-refractivity contribution in [3.8, 4) is 11.8 Å². The predicted octanol–water partition coefficient (Wildman–Crippen LogP) is 17.4. The summed E-state index contributed by atoms with van der Waals surface area (Å²) in [5.41, 5.74) is 20.7. The van der Waals surface area contributed by atoms with Crippen LogP contribution in [0, 0.1) is 25.7 Å². The molecule has 0 saturated heterocycles. The summed E-state index contributed by atoms with van der Waals surface area (Å²) in [6.07, 6.45) is 27.5. The Bertz CT molecular complexity index is 1830. The summed E-state index contributed by atoms with van der Waals surface area (Å²) < 4.78 is 0. The van der Waals surface area contributed by atoms with E-state index in [4.69, 9.17) is 0 Å². The normalized spacial score (nSPS) is 10.5. The van der Waals surface area contributed by atoms with Crippen LogP contribution in [0.3, 0.4) is 0 Å². The first-order valence-electron chi connectivity index (χ1n) is 24.1. The maximum Gasteiger partial charge on any atom is 2.00 e. The minimum Gasteiger partial charge on any atom is -0.348 e. The van der Waals surface area contributed by atoms with Gasteiger partial charge in [-0.05, 0) is 91.2 Å². The van der Waals surface area contributed by atoms with Crippen molar-refractivity contribution < 1.29 is 21.3 Å². The Morgan fingerprint density at radius 3 is 1.50 bits per heavy atom. The number of hydrogen-bond acceptors (Lipinski definition) is 0.